The Hall–Kier alpha value is -1.95. The molecule has 0 unspecified atom stereocenters. The summed E-state index contributed by atoms with van der Waals surface area (Å²) >= 11 is 1.76. The van der Waals surface area contributed by atoms with Gasteiger partial charge in [0.05, 0.1) is 11.3 Å². The van der Waals surface area contributed by atoms with Crippen molar-refractivity contribution in [1.29, 1.82) is 0 Å². The summed E-state index contributed by atoms with van der Waals surface area (Å²) in [6, 6.07) is 2.09. The summed E-state index contributed by atoms with van der Waals surface area (Å²) in [5.74, 6) is 0.0483. The van der Waals surface area contributed by atoms with Crippen molar-refractivity contribution in [3.63, 3.8) is 0 Å². The number of aromatic nitrogens is 2. The van der Waals surface area contributed by atoms with Crippen molar-refractivity contribution in [2.75, 3.05) is 6.54 Å². The van der Waals surface area contributed by atoms with E-state index in [1.54, 1.807) is 16.0 Å². The fourth-order valence-electron chi connectivity index (χ4n) is 3.05. The molecule has 2 aromatic rings. The number of ketones is 1. The quantitative estimate of drug-likeness (QED) is 0.817. The lowest BCUT2D eigenvalue weighted by Crippen LogP contribution is -2.37. The van der Waals surface area contributed by atoms with Gasteiger partial charge in [-0.25, -0.2) is 0 Å². The molecule has 2 aromatic heterocycles. The zero-order valence-electron chi connectivity index (χ0n) is 13.0. The van der Waals surface area contributed by atoms with Crippen LogP contribution in [0.5, 0.6) is 0 Å². The van der Waals surface area contributed by atoms with Crippen LogP contribution in [0.1, 0.15) is 39.1 Å². The van der Waals surface area contributed by atoms with Crippen molar-refractivity contribution in [2.45, 2.75) is 40.3 Å². The first-order valence-electron chi connectivity index (χ1n) is 7.35. The van der Waals surface area contributed by atoms with Crippen LogP contribution in [0, 0.1) is 13.8 Å². The highest BCUT2D eigenvalue weighted by Gasteiger charge is 2.23. The first-order valence-corrected chi connectivity index (χ1v) is 8.23. The van der Waals surface area contributed by atoms with Gasteiger partial charge in [0, 0.05) is 23.7 Å². The molecule has 0 atom stereocenters. The summed E-state index contributed by atoms with van der Waals surface area (Å²) in [5, 5.41) is 6.43. The molecule has 3 heterocycles. The van der Waals surface area contributed by atoms with E-state index in [9.17, 15) is 9.59 Å². The standard InChI is InChI=1S/C16H19N3O2S/c1-10-16(12(3)20)11(2)19(17-10)9-15(21)18-6-4-14-13(8-18)5-7-22-14/h5,7H,4,6,8-9H2,1-3H3. The topological polar surface area (TPSA) is 55.2 Å². The number of carbonyl (C=O) groups is 2. The fraction of sp³-hybridized carbons (Fsp3) is 0.438. The number of aryl methyl sites for hydroxylation is 1. The van der Waals surface area contributed by atoms with Crippen LogP contribution in [0.25, 0.3) is 0 Å². The maximum atomic E-state index is 12.5. The third-order valence-corrected chi connectivity index (χ3v) is 5.20. The predicted octanol–water partition coefficient (Wildman–Crippen LogP) is 2.35. The highest BCUT2D eigenvalue weighted by Crippen LogP contribution is 2.24. The van der Waals surface area contributed by atoms with Crippen LogP contribution in [-0.4, -0.2) is 32.9 Å². The Labute approximate surface area is 133 Å². The number of thiophene rings is 1. The van der Waals surface area contributed by atoms with Crippen LogP contribution in [0.15, 0.2) is 11.4 Å². The van der Waals surface area contributed by atoms with Gasteiger partial charge in [0.2, 0.25) is 5.91 Å². The van der Waals surface area contributed by atoms with E-state index >= 15 is 0 Å². The minimum absolute atomic E-state index is 0.00501. The number of carbonyl (C=O) groups excluding carboxylic acids is 2. The molecule has 0 bridgehead atoms. The number of fused-ring (bicyclic) bond motifs is 1. The van der Waals surface area contributed by atoms with Gasteiger partial charge in [-0.2, -0.15) is 5.10 Å². The molecule has 1 amide bonds. The zero-order valence-corrected chi connectivity index (χ0v) is 13.9. The molecular weight excluding hydrogens is 298 g/mol. The van der Waals surface area contributed by atoms with Crippen LogP contribution in [0.4, 0.5) is 0 Å². The molecule has 0 spiro atoms. The van der Waals surface area contributed by atoms with Gasteiger partial charge in [-0.05, 0) is 44.2 Å². The smallest absolute Gasteiger partial charge is 0.244 e. The molecule has 0 saturated carbocycles. The van der Waals surface area contributed by atoms with Crippen LogP contribution < -0.4 is 0 Å². The summed E-state index contributed by atoms with van der Waals surface area (Å²) < 4.78 is 1.65. The Morgan fingerprint density at radius 1 is 1.36 bits per heavy atom. The van der Waals surface area contributed by atoms with Crippen molar-refractivity contribution >= 4 is 23.0 Å². The third-order valence-electron chi connectivity index (χ3n) is 4.18. The van der Waals surface area contributed by atoms with Crippen molar-refractivity contribution < 1.29 is 9.59 Å². The maximum Gasteiger partial charge on any atom is 0.244 e. The average molecular weight is 317 g/mol. The zero-order chi connectivity index (χ0) is 15.9. The van der Waals surface area contributed by atoms with Crippen molar-refractivity contribution in [3.05, 3.63) is 38.8 Å². The van der Waals surface area contributed by atoms with E-state index in [-0.39, 0.29) is 18.2 Å². The molecule has 1 aliphatic rings. The van der Waals surface area contributed by atoms with E-state index in [0.29, 0.717) is 17.8 Å². The first kappa shape index (κ1) is 15.0. The second kappa shape index (κ2) is 5.68. The Kier molecular flexibility index (Phi) is 3.87. The van der Waals surface area contributed by atoms with E-state index in [0.717, 1.165) is 18.7 Å². The summed E-state index contributed by atoms with van der Waals surface area (Å²) in [6.07, 6.45) is 0.925. The maximum absolute atomic E-state index is 12.5. The first-order chi connectivity index (χ1) is 10.5. The Bertz CT molecular complexity index is 745. The van der Waals surface area contributed by atoms with Crippen LogP contribution in [0.3, 0.4) is 0 Å². The largest absolute Gasteiger partial charge is 0.336 e. The molecule has 116 valence electrons. The van der Waals surface area contributed by atoms with E-state index in [1.807, 2.05) is 18.7 Å². The third kappa shape index (κ3) is 2.59. The molecule has 0 radical (unpaired) electrons. The molecule has 22 heavy (non-hydrogen) atoms. The lowest BCUT2D eigenvalue weighted by molar-refractivity contribution is -0.133. The number of Topliss-reactive ketones (excluding diaryl/α,β-unsaturated/α-hetero) is 1. The molecule has 6 heteroatoms. The summed E-state index contributed by atoms with van der Waals surface area (Å²) in [6.45, 7) is 6.81. The van der Waals surface area contributed by atoms with Gasteiger partial charge in [0.1, 0.15) is 6.54 Å². The Morgan fingerprint density at radius 3 is 2.82 bits per heavy atom. The fourth-order valence-corrected chi connectivity index (χ4v) is 3.94. The molecule has 0 fully saturated rings. The van der Waals surface area contributed by atoms with E-state index in [4.69, 9.17) is 0 Å². The SMILES string of the molecule is CC(=O)c1c(C)nn(CC(=O)N2CCc3sccc3C2)c1C. The monoisotopic (exact) mass is 317 g/mol. The van der Waals surface area contributed by atoms with Crippen molar-refractivity contribution in [1.82, 2.24) is 14.7 Å². The van der Waals surface area contributed by atoms with Crippen molar-refractivity contribution in [3.8, 4) is 0 Å². The highest BCUT2D eigenvalue weighted by molar-refractivity contribution is 7.10. The number of hydrogen-bond donors (Lipinski definition) is 0. The summed E-state index contributed by atoms with van der Waals surface area (Å²) in [5.41, 5.74) is 3.34. The minimum atomic E-state index is -0.00501. The molecule has 5 nitrogen and oxygen atoms in total. The summed E-state index contributed by atoms with van der Waals surface area (Å²) in [4.78, 5) is 27.4. The normalized spacial score (nSPS) is 14.0. The minimum Gasteiger partial charge on any atom is -0.336 e. The number of hydrogen-bond acceptors (Lipinski definition) is 4. The van der Waals surface area contributed by atoms with Crippen LogP contribution in [-0.2, 0) is 24.3 Å². The molecule has 1 aliphatic heterocycles. The lowest BCUT2D eigenvalue weighted by Gasteiger charge is -2.27. The molecule has 0 N–H and O–H groups in total. The highest BCUT2D eigenvalue weighted by atomic mass is 32.1. The van der Waals surface area contributed by atoms with E-state index in [1.165, 1.54) is 17.4 Å². The number of amides is 1. The number of nitrogens with zero attached hydrogens (tertiary/aromatic N) is 3. The van der Waals surface area contributed by atoms with Gasteiger partial charge >= 0.3 is 0 Å². The second-order valence-corrected chi connectivity index (χ2v) is 6.69. The molecular formula is C16H19N3O2S. The van der Waals surface area contributed by atoms with E-state index < -0.39 is 0 Å². The van der Waals surface area contributed by atoms with Gasteiger partial charge in [-0.3, -0.25) is 14.3 Å². The van der Waals surface area contributed by atoms with E-state index in [2.05, 4.69) is 16.5 Å². The molecule has 0 aromatic carbocycles. The number of rotatable bonds is 3. The Balaban J connectivity index is 1.76. The predicted molar refractivity (Wildman–Crippen MR) is 85.1 cm³/mol. The molecule has 3 rings (SSSR count). The van der Waals surface area contributed by atoms with Crippen LogP contribution in [0.2, 0.25) is 0 Å². The van der Waals surface area contributed by atoms with Gasteiger partial charge in [-0.15, -0.1) is 11.3 Å². The molecule has 0 aliphatic carbocycles. The average Bonchev–Trinajstić information content (AvgIpc) is 3.02. The Morgan fingerprint density at radius 2 is 2.14 bits per heavy atom. The van der Waals surface area contributed by atoms with Crippen LogP contribution >= 0.6 is 11.3 Å². The lowest BCUT2D eigenvalue weighted by atomic mass is 10.1. The van der Waals surface area contributed by atoms with Gasteiger partial charge in [0.25, 0.3) is 0 Å². The van der Waals surface area contributed by atoms with Gasteiger partial charge < -0.3 is 4.90 Å². The van der Waals surface area contributed by atoms with Gasteiger partial charge in [-0.1, -0.05) is 0 Å². The van der Waals surface area contributed by atoms with Crippen molar-refractivity contribution in [2.24, 2.45) is 0 Å². The second-order valence-electron chi connectivity index (χ2n) is 5.69. The summed E-state index contributed by atoms with van der Waals surface area (Å²) in [7, 11) is 0. The molecule has 0 saturated heterocycles. The van der Waals surface area contributed by atoms with Gasteiger partial charge in [0.15, 0.2) is 5.78 Å².